The Kier molecular flexibility index (Phi) is 7.15. The predicted octanol–water partition coefficient (Wildman–Crippen LogP) is 4.47. The van der Waals surface area contributed by atoms with Crippen LogP contribution >= 0.6 is 0 Å². The lowest BCUT2D eigenvalue weighted by molar-refractivity contribution is -0.157. The maximum absolute atomic E-state index is 12.8. The fourth-order valence-electron chi connectivity index (χ4n) is 2.72. The standard InChI is InChI=1S/C22H35NO5/c1-20(2,3)16-11-10-15(24)12-14(16)13-17(18(25)27-21(4,5)6)23-19(26)28-22(7,8)9/h10-12,17,24H,13H2,1-9H3,(H,23,26). The highest BCUT2D eigenvalue weighted by Crippen LogP contribution is 2.29. The number of aromatic hydroxyl groups is 1. The molecule has 2 N–H and O–H groups in total. The van der Waals surface area contributed by atoms with Crippen molar-refractivity contribution in [1.82, 2.24) is 5.32 Å². The number of nitrogens with one attached hydrogen (secondary N) is 1. The normalized spacial score (nSPS) is 13.6. The first-order valence-corrected chi connectivity index (χ1v) is 9.53. The van der Waals surface area contributed by atoms with Crippen molar-refractivity contribution in [3.8, 4) is 5.75 Å². The van der Waals surface area contributed by atoms with E-state index >= 15 is 0 Å². The number of phenolic OH excluding ortho intramolecular Hbond substituents is 1. The van der Waals surface area contributed by atoms with Crippen molar-refractivity contribution >= 4 is 12.1 Å². The van der Waals surface area contributed by atoms with Crippen molar-refractivity contribution in [2.24, 2.45) is 0 Å². The topological polar surface area (TPSA) is 84.9 Å². The van der Waals surface area contributed by atoms with Crippen LogP contribution in [0.25, 0.3) is 0 Å². The molecule has 158 valence electrons. The van der Waals surface area contributed by atoms with Crippen LogP contribution in [0.5, 0.6) is 5.75 Å². The molecule has 6 heteroatoms. The first kappa shape index (κ1) is 23.8. The van der Waals surface area contributed by atoms with Gasteiger partial charge < -0.3 is 19.9 Å². The number of hydrogen-bond acceptors (Lipinski definition) is 5. The van der Waals surface area contributed by atoms with E-state index in [-0.39, 0.29) is 17.6 Å². The summed E-state index contributed by atoms with van der Waals surface area (Å²) in [4.78, 5) is 25.0. The Morgan fingerprint density at radius 3 is 1.96 bits per heavy atom. The van der Waals surface area contributed by atoms with Gasteiger partial charge in [0.25, 0.3) is 0 Å². The number of amides is 1. The van der Waals surface area contributed by atoms with Gasteiger partial charge in [0.1, 0.15) is 23.0 Å². The molecular formula is C22H35NO5. The summed E-state index contributed by atoms with van der Waals surface area (Å²) in [6.07, 6.45) is -0.518. The Morgan fingerprint density at radius 2 is 1.50 bits per heavy atom. The van der Waals surface area contributed by atoms with Crippen LogP contribution in [0.2, 0.25) is 0 Å². The van der Waals surface area contributed by atoms with E-state index in [1.165, 1.54) is 0 Å². The minimum Gasteiger partial charge on any atom is -0.508 e. The van der Waals surface area contributed by atoms with Crippen LogP contribution in [0.1, 0.15) is 73.4 Å². The average Bonchev–Trinajstić information content (AvgIpc) is 2.41. The number of rotatable bonds is 4. The number of benzene rings is 1. The second kappa shape index (κ2) is 8.41. The third-order valence-corrected chi connectivity index (χ3v) is 3.70. The SMILES string of the molecule is CC(C)(C)OC(=O)NC(Cc1cc(O)ccc1C(C)(C)C)C(=O)OC(C)(C)C. The summed E-state index contributed by atoms with van der Waals surface area (Å²) in [5.74, 6) is -0.454. The van der Waals surface area contributed by atoms with Crippen molar-refractivity contribution in [3.05, 3.63) is 29.3 Å². The van der Waals surface area contributed by atoms with Gasteiger partial charge >= 0.3 is 12.1 Å². The third-order valence-electron chi connectivity index (χ3n) is 3.70. The molecule has 1 aromatic carbocycles. The van der Waals surface area contributed by atoms with Gasteiger partial charge in [-0.2, -0.15) is 0 Å². The monoisotopic (exact) mass is 393 g/mol. The molecule has 0 radical (unpaired) electrons. The lowest BCUT2D eigenvalue weighted by atomic mass is 9.82. The summed E-state index contributed by atoms with van der Waals surface area (Å²) in [5.41, 5.74) is 0.151. The minimum absolute atomic E-state index is 0.100. The number of carbonyl (C=O) groups excluding carboxylic acids is 2. The van der Waals surface area contributed by atoms with Gasteiger partial charge in [0.05, 0.1) is 0 Å². The highest BCUT2D eigenvalue weighted by atomic mass is 16.6. The first-order valence-electron chi connectivity index (χ1n) is 9.53. The molecular weight excluding hydrogens is 358 g/mol. The van der Waals surface area contributed by atoms with E-state index in [1.54, 1.807) is 53.7 Å². The van der Waals surface area contributed by atoms with Crippen molar-refractivity contribution < 1.29 is 24.2 Å². The molecule has 0 saturated carbocycles. The Bertz CT molecular complexity index is 705. The quantitative estimate of drug-likeness (QED) is 0.738. The highest BCUT2D eigenvalue weighted by molar-refractivity contribution is 5.82. The predicted molar refractivity (Wildman–Crippen MR) is 110 cm³/mol. The molecule has 6 nitrogen and oxygen atoms in total. The smallest absolute Gasteiger partial charge is 0.408 e. The molecule has 0 heterocycles. The van der Waals surface area contributed by atoms with Gasteiger partial charge in [0, 0.05) is 6.42 Å². The van der Waals surface area contributed by atoms with Crippen molar-refractivity contribution in [3.63, 3.8) is 0 Å². The molecule has 0 fully saturated rings. The van der Waals surface area contributed by atoms with E-state index in [0.717, 1.165) is 11.1 Å². The Morgan fingerprint density at radius 1 is 0.964 bits per heavy atom. The van der Waals surface area contributed by atoms with Crippen LogP contribution in [0, 0.1) is 0 Å². The number of ether oxygens (including phenoxy) is 2. The molecule has 0 saturated heterocycles. The number of hydrogen-bond donors (Lipinski definition) is 2. The molecule has 1 unspecified atom stereocenters. The zero-order valence-electron chi connectivity index (χ0n) is 18.6. The average molecular weight is 394 g/mol. The van der Waals surface area contributed by atoms with Gasteiger partial charge in [-0.25, -0.2) is 9.59 Å². The van der Waals surface area contributed by atoms with Gasteiger partial charge in [0.15, 0.2) is 0 Å². The zero-order chi connectivity index (χ0) is 21.9. The molecule has 1 rings (SSSR count). The van der Waals surface area contributed by atoms with E-state index in [9.17, 15) is 14.7 Å². The van der Waals surface area contributed by atoms with Crippen molar-refractivity contribution in [1.29, 1.82) is 0 Å². The first-order chi connectivity index (χ1) is 12.5. The molecule has 0 spiro atoms. The molecule has 28 heavy (non-hydrogen) atoms. The molecule has 0 aliphatic carbocycles. The number of esters is 1. The van der Waals surface area contributed by atoms with E-state index in [1.807, 2.05) is 26.8 Å². The fourth-order valence-corrected chi connectivity index (χ4v) is 2.72. The van der Waals surface area contributed by atoms with E-state index in [4.69, 9.17) is 9.47 Å². The summed E-state index contributed by atoms with van der Waals surface area (Å²) in [7, 11) is 0. The van der Waals surface area contributed by atoms with Gasteiger partial charge in [-0.15, -0.1) is 0 Å². The van der Waals surface area contributed by atoms with Crippen molar-refractivity contribution in [2.75, 3.05) is 0 Å². The minimum atomic E-state index is -0.947. The molecule has 1 amide bonds. The fraction of sp³-hybridized carbons (Fsp3) is 0.636. The number of alkyl carbamates (subject to hydrolysis) is 1. The summed E-state index contributed by atoms with van der Waals surface area (Å²) in [6, 6.07) is 4.13. The Hall–Kier alpha value is -2.24. The maximum atomic E-state index is 12.8. The highest BCUT2D eigenvalue weighted by Gasteiger charge is 2.30. The van der Waals surface area contributed by atoms with Crippen molar-refractivity contribution in [2.45, 2.75) is 91.4 Å². The van der Waals surface area contributed by atoms with Crippen LogP contribution in [-0.4, -0.2) is 34.4 Å². The van der Waals surface area contributed by atoms with Crippen LogP contribution in [0.15, 0.2) is 18.2 Å². The summed E-state index contributed by atoms with van der Waals surface area (Å²) in [5, 5.41) is 12.6. The van der Waals surface area contributed by atoms with Gasteiger partial charge in [-0.3, -0.25) is 0 Å². The lowest BCUT2D eigenvalue weighted by Gasteiger charge is -2.28. The number of carbonyl (C=O) groups is 2. The summed E-state index contributed by atoms with van der Waals surface area (Å²) < 4.78 is 10.8. The molecule has 0 aliphatic rings. The second-order valence-corrected chi connectivity index (χ2v) is 10.0. The van der Waals surface area contributed by atoms with Gasteiger partial charge in [-0.05, 0) is 70.2 Å². The van der Waals surface area contributed by atoms with E-state index in [2.05, 4.69) is 5.32 Å². The van der Waals surface area contributed by atoms with Gasteiger partial charge in [0.2, 0.25) is 0 Å². The second-order valence-electron chi connectivity index (χ2n) is 10.0. The lowest BCUT2D eigenvalue weighted by Crippen LogP contribution is -2.47. The Labute approximate surface area is 168 Å². The number of phenols is 1. The molecule has 0 bridgehead atoms. The maximum Gasteiger partial charge on any atom is 0.408 e. The summed E-state index contributed by atoms with van der Waals surface area (Å²) >= 11 is 0. The largest absolute Gasteiger partial charge is 0.508 e. The third kappa shape index (κ3) is 8.19. The summed E-state index contributed by atoms with van der Waals surface area (Å²) in [6.45, 7) is 16.7. The van der Waals surface area contributed by atoms with Crippen LogP contribution in [-0.2, 0) is 26.1 Å². The molecule has 1 atom stereocenters. The van der Waals surface area contributed by atoms with Gasteiger partial charge in [-0.1, -0.05) is 26.8 Å². The van der Waals surface area contributed by atoms with E-state index in [0.29, 0.717) is 0 Å². The van der Waals surface area contributed by atoms with Crippen LogP contribution in [0.4, 0.5) is 4.79 Å². The van der Waals surface area contributed by atoms with Crippen LogP contribution < -0.4 is 5.32 Å². The molecule has 0 aromatic heterocycles. The van der Waals surface area contributed by atoms with Crippen LogP contribution in [0.3, 0.4) is 0 Å². The zero-order valence-corrected chi connectivity index (χ0v) is 18.6. The molecule has 0 aliphatic heterocycles. The Balaban J connectivity index is 3.21. The van der Waals surface area contributed by atoms with E-state index < -0.39 is 29.3 Å². The molecule has 1 aromatic rings.